The number of hydrogen-bond donors (Lipinski definition) is 1. The van der Waals surface area contributed by atoms with Gasteiger partial charge in [0.25, 0.3) is 0 Å². The summed E-state index contributed by atoms with van der Waals surface area (Å²) in [5.74, 6) is 0.437. The molecule has 0 amide bonds. The first kappa shape index (κ1) is 12.3. The predicted octanol–water partition coefficient (Wildman–Crippen LogP) is 2.68. The molecule has 1 aliphatic heterocycles. The van der Waals surface area contributed by atoms with Crippen LogP contribution in [0, 0.1) is 11.7 Å². The first-order chi connectivity index (χ1) is 8.26. The fraction of sp³-hybridized carbons (Fsp3) is 0.615. The van der Waals surface area contributed by atoms with Gasteiger partial charge in [-0.2, -0.15) is 0 Å². The van der Waals surface area contributed by atoms with Crippen LogP contribution in [0.15, 0.2) is 12.3 Å². The Morgan fingerprint density at radius 2 is 2.41 bits per heavy atom. The molecule has 0 aromatic carbocycles. The van der Waals surface area contributed by atoms with E-state index in [1.54, 1.807) is 12.3 Å². The highest BCUT2D eigenvalue weighted by atomic mass is 19.1. The summed E-state index contributed by atoms with van der Waals surface area (Å²) < 4.78 is 19.0. The first-order valence-electron chi connectivity index (χ1n) is 6.18. The number of rotatable bonds is 3. The second-order valence-corrected chi connectivity index (χ2v) is 4.53. The molecule has 2 rings (SSSR count). The molecule has 0 radical (unpaired) electrons. The summed E-state index contributed by atoms with van der Waals surface area (Å²) in [5.41, 5.74) is 0.676. The molecular weight excluding hydrogens is 219 g/mol. The molecule has 0 saturated carbocycles. The zero-order chi connectivity index (χ0) is 12.3. The van der Waals surface area contributed by atoms with Gasteiger partial charge in [0.2, 0.25) is 5.88 Å². The third kappa shape index (κ3) is 2.57. The Labute approximate surface area is 101 Å². The van der Waals surface area contributed by atoms with Gasteiger partial charge in [0.15, 0.2) is 5.82 Å². The van der Waals surface area contributed by atoms with E-state index >= 15 is 0 Å². The zero-order valence-electron chi connectivity index (χ0n) is 10.4. The van der Waals surface area contributed by atoms with Gasteiger partial charge in [-0.15, -0.1) is 0 Å². The number of piperidine rings is 1. The van der Waals surface area contributed by atoms with E-state index in [4.69, 9.17) is 4.74 Å². The number of hydrogen-bond acceptors (Lipinski definition) is 3. The SMILES string of the molecule is CCC1CCNC(c2ccnc(OC)c2F)C1. The second-order valence-electron chi connectivity index (χ2n) is 4.53. The highest BCUT2D eigenvalue weighted by Crippen LogP contribution is 2.32. The Balaban J connectivity index is 2.21. The average Bonchev–Trinajstić information content (AvgIpc) is 2.39. The molecule has 2 atom stereocenters. The van der Waals surface area contributed by atoms with Crippen LogP contribution in [0.25, 0.3) is 0 Å². The fourth-order valence-corrected chi connectivity index (χ4v) is 2.45. The third-order valence-corrected chi connectivity index (χ3v) is 3.55. The van der Waals surface area contributed by atoms with Crippen LogP contribution >= 0.6 is 0 Å². The molecule has 0 spiro atoms. The fourth-order valence-electron chi connectivity index (χ4n) is 2.45. The number of pyridine rings is 1. The van der Waals surface area contributed by atoms with Crippen LogP contribution < -0.4 is 10.1 Å². The highest BCUT2D eigenvalue weighted by Gasteiger charge is 2.25. The van der Waals surface area contributed by atoms with Gasteiger partial charge < -0.3 is 10.1 Å². The molecule has 3 nitrogen and oxygen atoms in total. The van der Waals surface area contributed by atoms with E-state index in [1.807, 2.05) is 0 Å². The quantitative estimate of drug-likeness (QED) is 0.879. The summed E-state index contributed by atoms with van der Waals surface area (Å²) in [6.07, 6.45) is 4.92. The molecule has 17 heavy (non-hydrogen) atoms. The van der Waals surface area contributed by atoms with Gasteiger partial charge in [-0.25, -0.2) is 9.37 Å². The van der Waals surface area contributed by atoms with Crippen molar-refractivity contribution in [1.29, 1.82) is 0 Å². The smallest absolute Gasteiger partial charge is 0.250 e. The van der Waals surface area contributed by atoms with Crippen LogP contribution in [0.1, 0.15) is 37.8 Å². The molecule has 0 bridgehead atoms. The molecule has 1 aromatic heterocycles. The molecule has 0 aliphatic carbocycles. The van der Waals surface area contributed by atoms with Crippen LogP contribution in [0.4, 0.5) is 4.39 Å². The predicted molar refractivity (Wildman–Crippen MR) is 64.5 cm³/mol. The molecule has 1 fully saturated rings. The summed E-state index contributed by atoms with van der Waals surface area (Å²) in [6.45, 7) is 3.14. The van der Waals surface area contributed by atoms with E-state index in [2.05, 4.69) is 17.2 Å². The molecule has 1 aliphatic rings. The number of ether oxygens (including phenoxy) is 1. The lowest BCUT2D eigenvalue weighted by molar-refractivity contribution is 0.290. The van der Waals surface area contributed by atoms with Crippen molar-refractivity contribution in [3.05, 3.63) is 23.6 Å². The lowest BCUT2D eigenvalue weighted by Gasteiger charge is -2.30. The molecule has 1 aromatic rings. The number of nitrogens with one attached hydrogen (secondary N) is 1. The lowest BCUT2D eigenvalue weighted by atomic mass is 9.87. The summed E-state index contributed by atoms with van der Waals surface area (Å²) >= 11 is 0. The maximum absolute atomic E-state index is 14.1. The standard InChI is InChI=1S/C13H19FN2O/c1-3-9-4-6-15-11(8-9)10-5-7-16-13(17-2)12(10)14/h5,7,9,11,15H,3-4,6,8H2,1-2H3. The Hall–Kier alpha value is -1.16. The summed E-state index contributed by atoms with van der Waals surface area (Å²) in [6, 6.07) is 1.83. The molecule has 2 unspecified atom stereocenters. The molecular formula is C13H19FN2O. The largest absolute Gasteiger partial charge is 0.479 e. The van der Waals surface area contributed by atoms with Crippen molar-refractivity contribution in [2.75, 3.05) is 13.7 Å². The maximum atomic E-state index is 14.1. The average molecular weight is 238 g/mol. The van der Waals surface area contributed by atoms with Crippen LogP contribution in [-0.2, 0) is 0 Å². The number of nitrogens with zero attached hydrogens (tertiary/aromatic N) is 1. The second kappa shape index (κ2) is 5.45. The molecule has 1 saturated heterocycles. The number of aromatic nitrogens is 1. The number of methoxy groups -OCH3 is 1. The van der Waals surface area contributed by atoms with Crippen LogP contribution in [0.5, 0.6) is 5.88 Å². The van der Waals surface area contributed by atoms with Gasteiger partial charge in [-0.1, -0.05) is 13.3 Å². The summed E-state index contributed by atoms with van der Waals surface area (Å²) in [5, 5.41) is 3.37. The van der Waals surface area contributed by atoms with Crippen molar-refractivity contribution < 1.29 is 9.13 Å². The summed E-state index contributed by atoms with van der Waals surface area (Å²) in [7, 11) is 1.44. The van der Waals surface area contributed by atoms with Gasteiger partial charge in [0.1, 0.15) is 0 Å². The van der Waals surface area contributed by atoms with Gasteiger partial charge in [-0.3, -0.25) is 0 Å². The Morgan fingerprint density at radius 3 is 3.12 bits per heavy atom. The van der Waals surface area contributed by atoms with E-state index in [0.717, 1.165) is 19.4 Å². The monoisotopic (exact) mass is 238 g/mol. The van der Waals surface area contributed by atoms with E-state index in [-0.39, 0.29) is 17.7 Å². The topological polar surface area (TPSA) is 34.2 Å². The van der Waals surface area contributed by atoms with Gasteiger partial charge in [-0.05, 0) is 31.4 Å². The Kier molecular flexibility index (Phi) is 3.94. The van der Waals surface area contributed by atoms with Crippen molar-refractivity contribution >= 4 is 0 Å². The van der Waals surface area contributed by atoms with Crippen molar-refractivity contribution in [3.63, 3.8) is 0 Å². The van der Waals surface area contributed by atoms with Crippen LogP contribution in [0.2, 0.25) is 0 Å². The highest BCUT2D eigenvalue weighted by molar-refractivity contribution is 5.26. The van der Waals surface area contributed by atoms with Crippen molar-refractivity contribution in [2.24, 2.45) is 5.92 Å². The van der Waals surface area contributed by atoms with Crippen molar-refractivity contribution in [2.45, 2.75) is 32.2 Å². The minimum Gasteiger partial charge on any atom is -0.479 e. The Bertz CT molecular complexity index is 384. The number of halogens is 1. The summed E-state index contributed by atoms with van der Waals surface area (Å²) in [4.78, 5) is 3.87. The molecule has 4 heteroatoms. The van der Waals surface area contributed by atoms with E-state index in [1.165, 1.54) is 13.5 Å². The molecule has 1 N–H and O–H groups in total. The van der Waals surface area contributed by atoms with Gasteiger partial charge >= 0.3 is 0 Å². The first-order valence-corrected chi connectivity index (χ1v) is 6.18. The zero-order valence-corrected chi connectivity index (χ0v) is 10.4. The normalized spacial score (nSPS) is 24.6. The maximum Gasteiger partial charge on any atom is 0.250 e. The third-order valence-electron chi connectivity index (χ3n) is 3.55. The van der Waals surface area contributed by atoms with Crippen molar-refractivity contribution in [1.82, 2.24) is 10.3 Å². The van der Waals surface area contributed by atoms with Crippen molar-refractivity contribution in [3.8, 4) is 5.88 Å². The van der Waals surface area contributed by atoms with Gasteiger partial charge in [0, 0.05) is 17.8 Å². The minimum absolute atomic E-state index is 0.0860. The molecule has 94 valence electrons. The van der Waals surface area contributed by atoms with Crippen LogP contribution in [0.3, 0.4) is 0 Å². The Morgan fingerprint density at radius 1 is 1.59 bits per heavy atom. The van der Waals surface area contributed by atoms with Gasteiger partial charge in [0.05, 0.1) is 7.11 Å². The van der Waals surface area contributed by atoms with E-state index in [0.29, 0.717) is 11.5 Å². The van der Waals surface area contributed by atoms with E-state index in [9.17, 15) is 4.39 Å². The van der Waals surface area contributed by atoms with Crippen LogP contribution in [-0.4, -0.2) is 18.6 Å². The lowest BCUT2D eigenvalue weighted by Crippen LogP contribution is -2.32. The minimum atomic E-state index is -0.329. The molecule has 2 heterocycles. The van der Waals surface area contributed by atoms with E-state index < -0.39 is 0 Å².